The van der Waals surface area contributed by atoms with Gasteiger partial charge in [0.05, 0.1) is 7.11 Å². The molecule has 0 radical (unpaired) electrons. The van der Waals surface area contributed by atoms with Crippen LogP contribution in [-0.4, -0.2) is 53.6 Å². The van der Waals surface area contributed by atoms with Gasteiger partial charge in [-0.2, -0.15) is 0 Å². The molecular formula is C21H24ClN3O4. The first-order valence-corrected chi connectivity index (χ1v) is 9.84. The number of methoxy groups -OCH3 is 1. The van der Waals surface area contributed by atoms with Gasteiger partial charge in [0.2, 0.25) is 0 Å². The molecule has 2 aromatic rings. The van der Waals surface area contributed by atoms with Crippen molar-refractivity contribution >= 4 is 23.5 Å². The number of esters is 1. The summed E-state index contributed by atoms with van der Waals surface area (Å²) in [6.45, 7) is 2.49. The van der Waals surface area contributed by atoms with E-state index in [0.29, 0.717) is 0 Å². The second kappa shape index (κ2) is 9.71. The second-order valence-electron chi connectivity index (χ2n) is 7.07. The quantitative estimate of drug-likeness (QED) is 0.702. The normalized spacial score (nSPS) is 15.1. The molecule has 8 heteroatoms. The van der Waals surface area contributed by atoms with Gasteiger partial charge in [0, 0.05) is 17.8 Å². The molecule has 0 atom stereocenters. The monoisotopic (exact) mass is 417 g/mol. The molecule has 1 saturated heterocycles. The number of amides is 1. The molecule has 1 aromatic heterocycles. The Kier molecular flexibility index (Phi) is 7.06. The van der Waals surface area contributed by atoms with E-state index in [1.165, 1.54) is 12.7 Å². The Labute approximate surface area is 174 Å². The molecule has 3 rings (SSSR count). The third kappa shape index (κ3) is 5.68. The number of aromatic nitrogens is 1. The first-order chi connectivity index (χ1) is 14.0. The van der Waals surface area contributed by atoms with Gasteiger partial charge in [0.25, 0.3) is 5.91 Å². The van der Waals surface area contributed by atoms with Crippen LogP contribution in [-0.2, 0) is 16.1 Å². The summed E-state index contributed by atoms with van der Waals surface area (Å²) >= 11 is 5.94. The fraction of sp³-hybridized carbons (Fsp3) is 0.381. The van der Waals surface area contributed by atoms with Gasteiger partial charge in [-0.1, -0.05) is 23.7 Å². The topological polar surface area (TPSA) is 91.8 Å². The number of aromatic hydroxyl groups is 1. The summed E-state index contributed by atoms with van der Waals surface area (Å²) in [6.07, 6.45) is 3.53. The summed E-state index contributed by atoms with van der Waals surface area (Å²) in [7, 11) is 1.24. The second-order valence-corrected chi connectivity index (χ2v) is 7.51. The number of benzene rings is 1. The van der Waals surface area contributed by atoms with Crippen LogP contribution in [0.1, 0.15) is 40.4 Å². The molecule has 0 aliphatic carbocycles. The zero-order valence-corrected chi connectivity index (χ0v) is 17.0. The third-order valence-corrected chi connectivity index (χ3v) is 5.36. The summed E-state index contributed by atoms with van der Waals surface area (Å²) in [5.74, 6) is -1.09. The van der Waals surface area contributed by atoms with Crippen LogP contribution in [0.5, 0.6) is 5.75 Å². The molecule has 2 N–H and O–H groups in total. The van der Waals surface area contributed by atoms with Crippen molar-refractivity contribution in [3.8, 4) is 5.75 Å². The van der Waals surface area contributed by atoms with Crippen molar-refractivity contribution in [1.82, 2.24) is 15.2 Å². The summed E-state index contributed by atoms with van der Waals surface area (Å²) in [4.78, 5) is 29.7. The molecule has 1 amide bonds. The Hall–Kier alpha value is -2.64. The van der Waals surface area contributed by atoms with Gasteiger partial charge in [-0.3, -0.25) is 14.5 Å². The molecule has 0 spiro atoms. The number of halogens is 1. The van der Waals surface area contributed by atoms with Crippen molar-refractivity contribution in [3.05, 3.63) is 58.4 Å². The predicted octanol–water partition coefficient (Wildman–Crippen LogP) is 2.72. The highest BCUT2D eigenvalue weighted by molar-refractivity contribution is 6.30. The van der Waals surface area contributed by atoms with E-state index in [0.717, 1.165) is 43.1 Å². The number of nitrogens with one attached hydrogen (secondary N) is 1. The number of carbonyl (C=O) groups excluding carboxylic acids is 2. The van der Waals surface area contributed by atoms with E-state index in [1.807, 2.05) is 24.3 Å². The van der Waals surface area contributed by atoms with Crippen LogP contribution in [0.4, 0.5) is 0 Å². The fourth-order valence-electron chi connectivity index (χ4n) is 3.45. The molecule has 2 heterocycles. The van der Waals surface area contributed by atoms with Crippen LogP contribution in [0.25, 0.3) is 0 Å². The summed E-state index contributed by atoms with van der Waals surface area (Å²) in [6, 6.07) is 9.49. The lowest BCUT2D eigenvalue weighted by Gasteiger charge is -2.32. The Morgan fingerprint density at radius 2 is 1.97 bits per heavy atom. The summed E-state index contributed by atoms with van der Waals surface area (Å²) < 4.78 is 4.47. The Bertz CT molecular complexity index is 865. The van der Waals surface area contributed by atoms with E-state index in [9.17, 15) is 14.7 Å². The van der Waals surface area contributed by atoms with Crippen LogP contribution in [0.2, 0.25) is 5.02 Å². The number of nitrogens with zero attached hydrogens (tertiary/aromatic N) is 2. The minimum Gasteiger partial charge on any atom is -0.505 e. The average Bonchev–Trinajstić information content (AvgIpc) is 2.74. The molecule has 0 bridgehead atoms. The van der Waals surface area contributed by atoms with Crippen molar-refractivity contribution in [2.45, 2.75) is 25.3 Å². The van der Waals surface area contributed by atoms with Crippen molar-refractivity contribution in [1.29, 1.82) is 0 Å². The number of pyridine rings is 1. The van der Waals surface area contributed by atoms with Crippen LogP contribution >= 0.6 is 11.6 Å². The number of hydrogen-bond acceptors (Lipinski definition) is 6. The highest BCUT2D eigenvalue weighted by Gasteiger charge is 2.23. The lowest BCUT2D eigenvalue weighted by molar-refractivity contribution is -0.139. The molecule has 1 aliphatic heterocycles. The molecular weight excluding hydrogens is 394 g/mol. The van der Waals surface area contributed by atoms with Crippen LogP contribution in [0.15, 0.2) is 36.5 Å². The highest BCUT2D eigenvalue weighted by Crippen LogP contribution is 2.31. The van der Waals surface area contributed by atoms with E-state index >= 15 is 0 Å². The number of hydrogen-bond donors (Lipinski definition) is 2. The molecule has 1 fully saturated rings. The van der Waals surface area contributed by atoms with Gasteiger partial charge in [-0.15, -0.1) is 0 Å². The minimum atomic E-state index is -0.614. The number of carbonyl (C=O) groups is 2. The van der Waals surface area contributed by atoms with Gasteiger partial charge in [-0.05, 0) is 61.2 Å². The Morgan fingerprint density at radius 1 is 1.28 bits per heavy atom. The predicted molar refractivity (Wildman–Crippen MR) is 109 cm³/mol. The van der Waals surface area contributed by atoms with Gasteiger partial charge >= 0.3 is 5.97 Å². The van der Waals surface area contributed by atoms with Gasteiger partial charge < -0.3 is 15.2 Å². The van der Waals surface area contributed by atoms with E-state index < -0.39 is 11.9 Å². The number of likely N-dealkylation sites (tertiary alicyclic amines) is 1. The summed E-state index contributed by atoms with van der Waals surface area (Å²) in [5.41, 5.74) is 2.05. The van der Waals surface area contributed by atoms with Crippen molar-refractivity contribution in [3.63, 3.8) is 0 Å². The fourth-order valence-corrected chi connectivity index (χ4v) is 3.57. The largest absolute Gasteiger partial charge is 0.505 e. The molecule has 7 nitrogen and oxygen atoms in total. The van der Waals surface area contributed by atoms with Gasteiger partial charge in [0.1, 0.15) is 12.3 Å². The maximum atomic E-state index is 12.1. The molecule has 29 heavy (non-hydrogen) atoms. The zero-order chi connectivity index (χ0) is 20.8. The molecule has 1 aromatic carbocycles. The lowest BCUT2D eigenvalue weighted by atomic mass is 9.90. The summed E-state index contributed by atoms with van der Waals surface area (Å²) in [5, 5.41) is 13.3. The van der Waals surface area contributed by atoms with E-state index in [4.69, 9.17) is 11.6 Å². The number of ether oxygens (including phenoxy) is 1. The average molecular weight is 418 g/mol. The first-order valence-electron chi connectivity index (χ1n) is 9.47. The third-order valence-electron chi connectivity index (χ3n) is 5.10. The van der Waals surface area contributed by atoms with Crippen LogP contribution in [0.3, 0.4) is 0 Å². The van der Waals surface area contributed by atoms with E-state index in [1.54, 1.807) is 12.3 Å². The standard InChI is InChI=1S/C21H24ClN3O4/c1-29-19(27)12-24-21(28)20-18(26)10-16(11-23-20)15-6-8-25(9-7-15)13-14-2-4-17(22)5-3-14/h2-5,10-11,15,26H,6-9,12-13H2,1H3,(H,24,28). The highest BCUT2D eigenvalue weighted by atomic mass is 35.5. The Morgan fingerprint density at radius 3 is 2.59 bits per heavy atom. The van der Waals surface area contributed by atoms with Crippen molar-refractivity contribution < 1.29 is 19.4 Å². The van der Waals surface area contributed by atoms with E-state index in [-0.39, 0.29) is 23.9 Å². The van der Waals surface area contributed by atoms with Crippen molar-refractivity contribution in [2.75, 3.05) is 26.7 Å². The lowest BCUT2D eigenvalue weighted by Crippen LogP contribution is -2.32. The molecule has 0 saturated carbocycles. The van der Waals surface area contributed by atoms with Crippen LogP contribution < -0.4 is 5.32 Å². The zero-order valence-electron chi connectivity index (χ0n) is 16.2. The van der Waals surface area contributed by atoms with Crippen molar-refractivity contribution in [2.24, 2.45) is 0 Å². The number of rotatable bonds is 6. The molecule has 1 aliphatic rings. The Balaban J connectivity index is 1.55. The SMILES string of the molecule is COC(=O)CNC(=O)c1ncc(C2CCN(Cc3ccc(Cl)cc3)CC2)cc1O. The van der Waals surface area contributed by atoms with Crippen LogP contribution in [0, 0.1) is 0 Å². The smallest absolute Gasteiger partial charge is 0.325 e. The van der Waals surface area contributed by atoms with Gasteiger partial charge in [-0.25, -0.2) is 4.98 Å². The maximum absolute atomic E-state index is 12.1. The molecule has 0 unspecified atom stereocenters. The minimum absolute atomic E-state index is 0.0992. The number of piperidine rings is 1. The van der Waals surface area contributed by atoms with Gasteiger partial charge in [0.15, 0.2) is 5.69 Å². The first kappa shape index (κ1) is 21.1. The molecule has 154 valence electrons. The maximum Gasteiger partial charge on any atom is 0.325 e. The van der Waals surface area contributed by atoms with E-state index in [2.05, 4.69) is 19.9 Å².